The Bertz CT molecular complexity index is 380. The Morgan fingerprint density at radius 3 is 2.88 bits per heavy atom. The molecule has 1 aromatic heterocycles. The van der Waals surface area contributed by atoms with Crippen LogP contribution < -0.4 is 5.73 Å². The first-order valence-corrected chi connectivity index (χ1v) is 6.17. The van der Waals surface area contributed by atoms with Crippen molar-refractivity contribution >= 4 is 5.91 Å². The van der Waals surface area contributed by atoms with Crippen LogP contribution in [-0.2, 0) is 0 Å². The minimum Gasteiger partial charge on any atom is -0.338 e. The van der Waals surface area contributed by atoms with Crippen LogP contribution in [0.5, 0.6) is 0 Å². The standard InChI is InChI=1S/C13H19N3O/c1-2-10-9-16(8-5-12(10)14)13(17)11-3-6-15-7-4-11/h3-4,6-7,10,12H,2,5,8-9,14H2,1H3. The van der Waals surface area contributed by atoms with Crippen molar-refractivity contribution in [1.82, 2.24) is 9.88 Å². The average molecular weight is 233 g/mol. The first-order chi connectivity index (χ1) is 8.22. The maximum absolute atomic E-state index is 12.2. The third-order valence-corrected chi connectivity index (χ3v) is 3.53. The quantitative estimate of drug-likeness (QED) is 0.837. The van der Waals surface area contributed by atoms with Gasteiger partial charge in [-0.15, -0.1) is 0 Å². The molecule has 1 saturated heterocycles. The van der Waals surface area contributed by atoms with E-state index in [0.717, 1.165) is 25.9 Å². The second kappa shape index (κ2) is 5.27. The molecule has 0 radical (unpaired) electrons. The summed E-state index contributed by atoms with van der Waals surface area (Å²) in [5.74, 6) is 0.521. The smallest absolute Gasteiger partial charge is 0.253 e. The molecule has 17 heavy (non-hydrogen) atoms. The summed E-state index contributed by atoms with van der Waals surface area (Å²) < 4.78 is 0. The van der Waals surface area contributed by atoms with Gasteiger partial charge in [0.2, 0.25) is 0 Å². The first-order valence-electron chi connectivity index (χ1n) is 6.17. The molecule has 2 atom stereocenters. The zero-order chi connectivity index (χ0) is 12.3. The van der Waals surface area contributed by atoms with Gasteiger partial charge >= 0.3 is 0 Å². The molecule has 0 spiro atoms. The van der Waals surface area contributed by atoms with Gasteiger partial charge in [0.15, 0.2) is 0 Å². The minimum atomic E-state index is 0.0951. The summed E-state index contributed by atoms with van der Waals surface area (Å²) in [4.78, 5) is 18.1. The van der Waals surface area contributed by atoms with E-state index >= 15 is 0 Å². The Kier molecular flexibility index (Phi) is 3.74. The minimum absolute atomic E-state index is 0.0951. The summed E-state index contributed by atoms with van der Waals surface area (Å²) >= 11 is 0. The van der Waals surface area contributed by atoms with E-state index in [4.69, 9.17) is 5.73 Å². The third kappa shape index (κ3) is 2.64. The van der Waals surface area contributed by atoms with Crippen LogP contribution >= 0.6 is 0 Å². The third-order valence-electron chi connectivity index (χ3n) is 3.53. The molecular weight excluding hydrogens is 214 g/mol. The van der Waals surface area contributed by atoms with E-state index in [1.165, 1.54) is 0 Å². The van der Waals surface area contributed by atoms with Gasteiger partial charge in [-0.25, -0.2) is 0 Å². The maximum atomic E-state index is 12.2. The number of piperidine rings is 1. The molecule has 2 N–H and O–H groups in total. The number of aromatic nitrogens is 1. The number of carbonyl (C=O) groups excluding carboxylic acids is 1. The van der Waals surface area contributed by atoms with Crippen LogP contribution in [0.25, 0.3) is 0 Å². The zero-order valence-corrected chi connectivity index (χ0v) is 10.2. The molecule has 2 rings (SSSR count). The largest absolute Gasteiger partial charge is 0.338 e. The number of pyridine rings is 1. The Morgan fingerprint density at radius 2 is 2.24 bits per heavy atom. The van der Waals surface area contributed by atoms with Gasteiger partial charge in [-0.05, 0) is 24.5 Å². The first kappa shape index (κ1) is 12.0. The molecule has 2 heterocycles. The lowest BCUT2D eigenvalue weighted by atomic mass is 9.90. The maximum Gasteiger partial charge on any atom is 0.253 e. The SMILES string of the molecule is CCC1CN(C(=O)c2ccncc2)CCC1N. The van der Waals surface area contributed by atoms with E-state index in [9.17, 15) is 4.79 Å². The van der Waals surface area contributed by atoms with Gasteiger partial charge in [0, 0.05) is 37.1 Å². The van der Waals surface area contributed by atoms with Crippen LogP contribution in [0.2, 0.25) is 0 Å². The topological polar surface area (TPSA) is 59.2 Å². The van der Waals surface area contributed by atoms with Crippen molar-refractivity contribution < 1.29 is 4.79 Å². The van der Waals surface area contributed by atoms with Crippen LogP contribution in [0.1, 0.15) is 30.1 Å². The van der Waals surface area contributed by atoms with Gasteiger partial charge in [-0.1, -0.05) is 13.3 Å². The molecule has 1 aliphatic rings. The molecule has 4 nitrogen and oxygen atoms in total. The number of carbonyl (C=O) groups is 1. The molecule has 1 aliphatic heterocycles. The molecule has 0 aromatic carbocycles. The number of nitrogens with zero attached hydrogens (tertiary/aromatic N) is 2. The molecule has 1 amide bonds. The van der Waals surface area contributed by atoms with Gasteiger partial charge in [-0.3, -0.25) is 9.78 Å². The highest BCUT2D eigenvalue weighted by molar-refractivity contribution is 5.94. The van der Waals surface area contributed by atoms with E-state index in [-0.39, 0.29) is 11.9 Å². The lowest BCUT2D eigenvalue weighted by Crippen LogP contribution is -2.49. The second-order valence-corrected chi connectivity index (χ2v) is 4.61. The Hall–Kier alpha value is -1.42. The number of amides is 1. The van der Waals surface area contributed by atoms with Crippen molar-refractivity contribution in [3.63, 3.8) is 0 Å². The molecule has 0 aliphatic carbocycles. The summed E-state index contributed by atoms with van der Waals surface area (Å²) in [6, 6.07) is 3.76. The average Bonchev–Trinajstić information content (AvgIpc) is 2.39. The van der Waals surface area contributed by atoms with Gasteiger partial charge in [-0.2, -0.15) is 0 Å². The molecule has 1 fully saturated rings. The Morgan fingerprint density at radius 1 is 1.53 bits per heavy atom. The number of nitrogens with two attached hydrogens (primary N) is 1. The molecule has 92 valence electrons. The van der Waals surface area contributed by atoms with Crippen molar-refractivity contribution in [1.29, 1.82) is 0 Å². The molecule has 0 bridgehead atoms. The van der Waals surface area contributed by atoms with Gasteiger partial charge in [0.25, 0.3) is 5.91 Å². The lowest BCUT2D eigenvalue weighted by molar-refractivity contribution is 0.0649. The van der Waals surface area contributed by atoms with Crippen LogP contribution in [0.4, 0.5) is 0 Å². The van der Waals surface area contributed by atoms with E-state index in [1.54, 1.807) is 24.5 Å². The van der Waals surface area contributed by atoms with Crippen molar-refractivity contribution in [3.05, 3.63) is 30.1 Å². The molecular formula is C13H19N3O. The van der Waals surface area contributed by atoms with Crippen LogP contribution in [-0.4, -0.2) is 34.9 Å². The fourth-order valence-electron chi connectivity index (χ4n) is 2.34. The number of hydrogen-bond acceptors (Lipinski definition) is 3. The van der Waals surface area contributed by atoms with Crippen molar-refractivity contribution in [2.45, 2.75) is 25.8 Å². The van der Waals surface area contributed by atoms with Gasteiger partial charge < -0.3 is 10.6 Å². The highest BCUT2D eigenvalue weighted by atomic mass is 16.2. The highest BCUT2D eigenvalue weighted by Gasteiger charge is 2.28. The van der Waals surface area contributed by atoms with Gasteiger partial charge in [0.05, 0.1) is 0 Å². The van der Waals surface area contributed by atoms with E-state index in [2.05, 4.69) is 11.9 Å². The van der Waals surface area contributed by atoms with Crippen molar-refractivity contribution in [2.24, 2.45) is 11.7 Å². The number of rotatable bonds is 2. The molecule has 4 heteroatoms. The van der Waals surface area contributed by atoms with Crippen LogP contribution in [0, 0.1) is 5.92 Å². The Labute approximate surface area is 102 Å². The van der Waals surface area contributed by atoms with Crippen LogP contribution in [0.3, 0.4) is 0 Å². The fraction of sp³-hybridized carbons (Fsp3) is 0.538. The van der Waals surface area contributed by atoms with E-state index < -0.39 is 0 Å². The lowest BCUT2D eigenvalue weighted by Gasteiger charge is -2.36. The van der Waals surface area contributed by atoms with E-state index in [1.807, 2.05) is 4.90 Å². The fourth-order valence-corrected chi connectivity index (χ4v) is 2.34. The highest BCUT2D eigenvalue weighted by Crippen LogP contribution is 2.20. The second-order valence-electron chi connectivity index (χ2n) is 4.61. The van der Waals surface area contributed by atoms with E-state index in [0.29, 0.717) is 11.5 Å². The molecule has 0 saturated carbocycles. The molecule has 1 aromatic rings. The summed E-state index contributed by atoms with van der Waals surface area (Å²) in [5.41, 5.74) is 6.76. The summed E-state index contributed by atoms with van der Waals surface area (Å²) in [6.45, 7) is 3.67. The van der Waals surface area contributed by atoms with Gasteiger partial charge in [0.1, 0.15) is 0 Å². The van der Waals surface area contributed by atoms with Crippen molar-refractivity contribution in [2.75, 3.05) is 13.1 Å². The summed E-state index contributed by atoms with van der Waals surface area (Å²) in [6.07, 6.45) is 5.23. The predicted molar refractivity (Wildman–Crippen MR) is 66.5 cm³/mol. The monoisotopic (exact) mass is 233 g/mol. The zero-order valence-electron chi connectivity index (χ0n) is 10.2. The van der Waals surface area contributed by atoms with Crippen LogP contribution in [0.15, 0.2) is 24.5 Å². The predicted octanol–water partition coefficient (Wildman–Crippen LogP) is 1.28. The normalized spacial score (nSPS) is 24.7. The van der Waals surface area contributed by atoms with Crippen molar-refractivity contribution in [3.8, 4) is 0 Å². The molecule has 2 unspecified atom stereocenters. The Balaban J connectivity index is 2.06. The number of hydrogen-bond donors (Lipinski definition) is 1. The summed E-state index contributed by atoms with van der Waals surface area (Å²) in [7, 11) is 0. The number of likely N-dealkylation sites (tertiary alicyclic amines) is 1. The summed E-state index contributed by atoms with van der Waals surface area (Å²) in [5, 5.41) is 0.